The fourth-order valence-electron chi connectivity index (χ4n) is 0.426. The summed E-state index contributed by atoms with van der Waals surface area (Å²) in [7, 11) is 0. The van der Waals surface area contributed by atoms with E-state index in [9.17, 15) is 0 Å². The Bertz CT molecular complexity index is 123. The molecule has 1 rings (SSSR count). The van der Waals surface area contributed by atoms with E-state index in [-0.39, 0.29) is 0 Å². The van der Waals surface area contributed by atoms with Gasteiger partial charge in [-0.05, 0) is 24.1 Å². The van der Waals surface area contributed by atoms with Gasteiger partial charge in [0.25, 0.3) is 0 Å². The minimum absolute atomic E-state index is 1.00. The molecule has 1 aliphatic rings. The molecule has 0 aromatic heterocycles. The fourth-order valence-corrected chi connectivity index (χ4v) is 0.426. The van der Waals surface area contributed by atoms with E-state index in [1.165, 1.54) is 0 Å². The second-order valence-electron chi connectivity index (χ2n) is 1.38. The minimum Gasteiger partial charge on any atom is -0.125 e. The summed E-state index contributed by atoms with van der Waals surface area (Å²) in [4.78, 5) is 0. The molecule has 0 atom stereocenters. The second-order valence-corrected chi connectivity index (χ2v) is 1.38. The molecule has 0 saturated carbocycles. The van der Waals surface area contributed by atoms with Gasteiger partial charge in [-0.3, -0.25) is 0 Å². The average molecular weight is 78.1 g/mol. The van der Waals surface area contributed by atoms with Gasteiger partial charge in [-0.15, -0.1) is 5.73 Å². The Kier molecular flexibility index (Phi) is 0.664. The van der Waals surface area contributed by atoms with Crippen molar-refractivity contribution in [3.05, 3.63) is 30.0 Å². The largest absolute Gasteiger partial charge is 0.125 e. The fraction of sp³-hybridized carbons (Fsp3) is 0.167. The van der Waals surface area contributed by atoms with E-state index in [1.54, 1.807) is 0 Å². The molecule has 0 aromatic rings. The SMILES string of the molecule is C=C1C=C=CC1. The lowest BCUT2D eigenvalue weighted by molar-refractivity contribution is 1.35. The van der Waals surface area contributed by atoms with Crippen LogP contribution in [-0.2, 0) is 0 Å². The van der Waals surface area contributed by atoms with Crippen molar-refractivity contribution in [2.45, 2.75) is 6.42 Å². The van der Waals surface area contributed by atoms with Gasteiger partial charge >= 0.3 is 0 Å². The highest BCUT2D eigenvalue weighted by Crippen LogP contribution is 2.04. The quantitative estimate of drug-likeness (QED) is 0.386. The summed E-state index contributed by atoms with van der Waals surface area (Å²) >= 11 is 0. The van der Waals surface area contributed by atoms with Crippen molar-refractivity contribution >= 4 is 0 Å². The standard InChI is InChI=1S/C6H6/c1-6-4-2-3-5-6/h2,5H,1,4H2. The third-order valence-electron chi connectivity index (χ3n) is 0.770. The lowest BCUT2D eigenvalue weighted by Gasteiger charge is -1.76. The highest BCUT2D eigenvalue weighted by Gasteiger charge is 1.85. The third-order valence-corrected chi connectivity index (χ3v) is 0.770. The maximum absolute atomic E-state index is 3.70. The van der Waals surface area contributed by atoms with Crippen molar-refractivity contribution in [3.63, 3.8) is 0 Å². The van der Waals surface area contributed by atoms with Gasteiger partial charge in [-0.2, -0.15) is 0 Å². The number of allylic oxidation sites excluding steroid dienone is 2. The van der Waals surface area contributed by atoms with Crippen molar-refractivity contribution in [1.29, 1.82) is 0 Å². The van der Waals surface area contributed by atoms with Gasteiger partial charge in [0.2, 0.25) is 0 Å². The summed E-state index contributed by atoms with van der Waals surface area (Å²) in [6.45, 7) is 3.70. The van der Waals surface area contributed by atoms with Crippen molar-refractivity contribution in [2.75, 3.05) is 0 Å². The molecule has 0 heteroatoms. The average Bonchev–Trinajstić information content (AvgIpc) is 1.86. The molecular weight excluding hydrogens is 72.1 g/mol. The summed E-state index contributed by atoms with van der Waals surface area (Å²) < 4.78 is 0. The van der Waals surface area contributed by atoms with Gasteiger partial charge in [0.1, 0.15) is 0 Å². The van der Waals surface area contributed by atoms with E-state index in [0.717, 1.165) is 12.0 Å². The van der Waals surface area contributed by atoms with Crippen LogP contribution in [0.25, 0.3) is 0 Å². The molecule has 0 spiro atoms. The zero-order valence-electron chi connectivity index (χ0n) is 3.57. The van der Waals surface area contributed by atoms with Crippen molar-refractivity contribution < 1.29 is 0 Å². The number of hydrogen-bond acceptors (Lipinski definition) is 0. The second kappa shape index (κ2) is 1.16. The van der Waals surface area contributed by atoms with Crippen LogP contribution in [0.1, 0.15) is 6.42 Å². The lowest BCUT2D eigenvalue weighted by Crippen LogP contribution is -1.58. The van der Waals surface area contributed by atoms with E-state index >= 15 is 0 Å². The molecule has 0 saturated heterocycles. The summed E-state index contributed by atoms with van der Waals surface area (Å²) in [6, 6.07) is 0. The molecule has 0 radical (unpaired) electrons. The highest BCUT2D eigenvalue weighted by molar-refractivity contribution is 5.22. The topological polar surface area (TPSA) is 0 Å². The molecule has 6 heavy (non-hydrogen) atoms. The molecule has 0 bridgehead atoms. The first-order valence-electron chi connectivity index (χ1n) is 1.98. The molecule has 0 aliphatic heterocycles. The molecule has 0 heterocycles. The van der Waals surface area contributed by atoms with Gasteiger partial charge in [-0.25, -0.2) is 0 Å². The van der Waals surface area contributed by atoms with Crippen LogP contribution in [0.15, 0.2) is 30.0 Å². The number of hydrogen-bond donors (Lipinski definition) is 0. The van der Waals surface area contributed by atoms with Crippen LogP contribution in [0.2, 0.25) is 0 Å². The van der Waals surface area contributed by atoms with Crippen LogP contribution in [0.4, 0.5) is 0 Å². The van der Waals surface area contributed by atoms with Crippen LogP contribution in [0, 0.1) is 0 Å². The Morgan fingerprint density at radius 1 is 1.83 bits per heavy atom. The molecule has 0 amide bonds. The van der Waals surface area contributed by atoms with Gasteiger partial charge in [-0.1, -0.05) is 6.58 Å². The van der Waals surface area contributed by atoms with Crippen molar-refractivity contribution in [3.8, 4) is 0 Å². The Hall–Kier alpha value is -0.740. The van der Waals surface area contributed by atoms with E-state index in [2.05, 4.69) is 12.3 Å². The van der Waals surface area contributed by atoms with Crippen LogP contribution in [-0.4, -0.2) is 0 Å². The minimum atomic E-state index is 1.00. The summed E-state index contributed by atoms with van der Waals surface area (Å²) in [5, 5.41) is 0. The van der Waals surface area contributed by atoms with Crippen LogP contribution in [0.5, 0.6) is 0 Å². The normalized spacial score (nSPS) is 17.0. The van der Waals surface area contributed by atoms with Gasteiger partial charge < -0.3 is 0 Å². The predicted octanol–water partition coefficient (Wildman–Crippen LogP) is 1.66. The van der Waals surface area contributed by atoms with E-state index < -0.39 is 0 Å². The Morgan fingerprint density at radius 3 is 2.83 bits per heavy atom. The monoisotopic (exact) mass is 78.0 g/mol. The van der Waals surface area contributed by atoms with E-state index in [4.69, 9.17) is 0 Å². The van der Waals surface area contributed by atoms with Crippen LogP contribution in [0.3, 0.4) is 0 Å². The van der Waals surface area contributed by atoms with E-state index in [0.29, 0.717) is 0 Å². The van der Waals surface area contributed by atoms with E-state index in [1.807, 2.05) is 12.2 Å². The zero-order valence-corrected chi connectivity index (χ0v) is 3.57. The summed E-state index contributed by atoms with van der Waals surface area (Å²) in [5.41, 5.74) is 4.08. The molecule has 0 N–H and O–H groups in total. The van der Waals surface area contributed by atoms with Crippen LogP contribution >= 0.6 is 0 Å². The third kappa shape index (κ3) is 0.425. The summed E-state index contributed by atoms with van der Waals surface area (Å²) in [6.07, 6.45) is 4.88. The smallest absolute Gasteiger partial charge is 0.00210 e. The maximum atomic E-state index is 3.70. The first-order valence-corrected chi connectivity index (χ1v) is 1.98. The highest BCUT2D eigenvalue weighted by atomic mass is 13.9. The molecule has 0 aromatic carbocycles. The van der Waals surface area contributed by atoms with Gasteiger partial charge in [0.05, 0.1) is 0 Å². The van der Waals surface area contributed by atoms with Crippen molar-refractivity contribution in [1.82, 2.24) is 0 Å². The maximum Gasteiger partial charge on any atom is -0.00210 e. The van der Waals surface area contributed by atoms with Gasteiger partial charge in [0, 0.05) is 0 Å². The first kappa shape index (κ1) is 3.45. The molecule has 30 valence electrons. The molecule has 1 aliphatic carbocycles. The molecule has 0 fully saturated rings. The predicted molar refractivity (Wildman–Crippen MR) is 26.4 cm³/mol. The first-order chi connectivity index (χ1) is 2.89. The molecule has 0 nitrogen and oxygen atoms in total. The Morgan fingerprint density at radius 2 is 2.67 bits per heavy atom. The lowest BCUT2D eigenvalue weighted by atomic mass is 10.3. The molecule has 0 unspecified atom stereocenters. The van der Waals surface area contributed by atoms with Gasteiger partial charge in [0.15, 0.2) is 0 Å². The Labute approximate surface area is 37.5 Å². The zero-order chi connectivity index (χ0) is 4.41. The summed E-state index contributed by atoms with van der Waals surface area (Å²) in [5.74, 6) is 0. The Balaban J connectivity index is 2.79. The van der Waals surface area contributed by atoms with Crippen molar-refractivity contribution in [2.24, 2.45) is 0 Å². The van der Waals surface area contributed by atoms with Crippen LogP contribution < -0.4 is 0 Å². The molecular formula is C6H6. The number of rotatable bonds is 0.